The molecule has 0 fully saturated rings. The third-order valence-electron chi connectivity index (χ3n) is 4.67. The monoisotopic (exact) mass is 480 g/mol. The maximum absolute atomic E-state index is 14.2. The Morgan fingerprint density at radius 1 is 1.37 bits per heavy atom. The summed E-state index contributed by atoms with van der Waals surface area (Å²) in [5.74, 6) is -0.260. The third kappa shape index (κ3) is 3.22. The second-order valence-corrected chi connectivity index (χ2v) is 7.47. The lowest BCUT2D eigenvalue weighted by Gasteiger charge is -2.20. The molecule has 6 nitrogen and oxygen atoms in total. The van der Waals surface area contributed by atoms with E-state index >= 15 is 0 Å². The van der Waals surface area contributed by atoms with Crippen molar-refractivity contribution in [3.8, 4) is 11.3 Å². The molecule has 27 heavy (non-hydrogen) atoms. The number of nitrogens with one attached hydrogen (secondary N) is 3. The van der Waals surface area contributed by atoms with Crippen LogP contribution in [-0.4, -0.2) is 29.5 Å². The molecule has 0 atom stereocenters. The van der Waals surface area contributed by atoms with Crippen LogP contribution in [0.15, 0.2) is 41.8 Å². The standard InChI is InChI=1S/C19H18FIN4O2/c1-27-18-11(20)3-2-4-14(18)25-17-15-13(6-8-23-19(15)26)24-16(17)10-5-7-22-9-12(10)21/h4-5,7,9,24-25H,2-3,6,8H2,1H3,(H,23,26). The van der Waals surface area contributed by atoms with Gasteiger partial charge >= 0.3 is 0 Å². The van der Waals surface area contributed by atoms with Crippen molar-refractivity contribution in [3.05, 3.63) is 56.6 Å². The minimum Gasteiger partial charge on any atom is -0.492 e. The average Bonchev–Trinajstić information content (AvgIpc) is 3.02. The highest BCUT2D eigenvalue weighted by Gasteiger charge is 2.29. The van der Waals surface area contributed by atoms with Gasteiger partial charge in [-0.3, -0.25) is 9.78 Å². The van der Waals surface area contributed by atoms with Gasteiger partial charge in [-0.05, 0) is 35.1 Å². The first kappa shape index (κ1) is 18.0. The number of carbonyl (C=O) groups excluding carboxylic acids is 1. The number of nitrogens with zero attached hydrogens (tertiary/aromatic N) is 1. The predicted octanol–water partition coefficient (Wildman–Crippen LogP) is 3.88. The number of anilines is 1. The number of halogens is 2. The Balaban J connectivity index is 1.86. The molecule has 0 bridgehead atoms. The molecule has 0 spiro atoms. The van der Waals surface area contributed by atoms with Crippen LogP contribution in [0.2, 0.25) is 0 Å². The summed E-state index contributed by atoms with van der Waals surface area (Å²) in [4.78, 5) is 20.1. The molecule has 0 aromatic carbocycles. The van der Waals surface area contributed by atoms with Crippen molar-refractivity contribution in [1.82, 2.24) is 15.3 Å². The van der Waals surface area contributed by atoms with E-state index in [4.69, 9.17) is 4.74 Å². The summed E-state index contributed by atoms with van der Waals surface area (Å²) in [6.45, 7) is 0.583. The average molecular weight is 480 g/mol. The summed E-state index contributed by atoms with van der Waals surface area (Å²) in [6.07, 6.45) is 6.96. The maximum atomic E-state index is 14.2. The van der Waals surface area contributed by atoms with Gasteiger partial charge in [-0.2, -0.15) is 0 Å². The van der Waals surface area contributed by atoms with Crippen LogP contribution in [0.4, 0.5) is 10.1 Å². The lowest BCUT2D eigenvalue weighted by molar-refractivity contribution is 0.0947. The number of H-pyrrole nitrogens is 1. The van der Waals surface area contributed by atoms with E-state index in [0.717, 1.165) is 20.5 Å². The first-order chi connectivity index (χ1) is 13.1. The minimum absolute atomic E-state index is 0.148. The summed E-state index contributed by atoms with van der Waals surface area (Å²) in [7, 11) is 1.45. The SMILES string of the molecule is COC1=C(F)CCC=C1Nc1c(-c2ccncc2I)[nH]c2c1C(=O)NCC2. The van der Waals surface area contributed by atoms with Gasteiger partial charge < -0.3 is 20.4 Å². The highest BCUT2D eigenvalue weighted by molar-refractivity contribution is 14.1. The van der Waals surface area contributed by atoms with Gasteiger partial charge in [-0.15, -0.1) is 0 Å². The molecule has 1 amide bonds. The number of hydrogen-bond acceptors (Lipinski definition) is 4. The second kappa shape index (κ2) is 7.34. The van der Waals surface area contributed by atoms with Gasteiger partial charge in [0.2, 0.25) is 0 Å². The number of rotatable bonds is 4. The van der Waals surface area contributed by atoms with Crippen LogP contribution >= 0.6 is 22.6 Å². The van der Waals surface area contributed by atoms with Gasteiger partial charge in [0.1, 0.15) is 5.83 Å². The van der Waals surface area contributed by atoms with E-state index in [1.54, 1.807) is 12.4 Å². The lowest BCUT2D eigenvalue weighted by Crippen LogP contribution is -2.31. The Bertz CT molecular complexity index is 980. The number of aromatic amines is 1. The normalized spacial score (nSPS) is 16.6. The van der Waals surface area contributed by atoms with Gasteiger partial charge in [-0.1, -0.05) is 6.08 Å². The fourth-order valence-electron chi connectivity index (χ4n) is 3.44. The summed E-state index contributed by atoms with van der Waals surface area (Å²) >= 11 is 2.21. The number of amides is 1. The Morgan fingerprint density at radius 2 is 2.22 bits per heavy atom. The first-order valence-corrected chi connectivity index (χ1v) is 9.71. The van der Waals surface area contributed by atoms with E-state index in [1.807, 2.05) is 12.1 Å². The molecule has 8 heteroatoms. The number of aromatic nitrogens is 2. The zero-order valence-electron chi connectivity index (χ0n) is 14.7. The zero-order valence-corrected chi connectivity index (χ0v) is 16.8. The summed E-state index contributed by atoms with van der Waals surface area (Å²) < 4.78 is 20.4. The van der Waals surface area contributed by atoms with Crippen molar-refractivity contribution in [2.24, 2.45) is 0 Å². The Hall–Kier alpha value is -2.36. The predicted molar refractivity (Wildman–Crippen MR) is 109 cm³/mol. The molecule has 4 rings (SSSR count). The van der Waals surface area contributed by atoms with Gasteiger partial charge in [0.15, 0.2) is 5.76 Å². The summed E-state index contributed by atoms with van der Waals surface area (Å²) in [6, 6.07) is 1.89. The lowest BCUT2D eigenvalue weighted by atomic mass is 10.0. The largest absolute Gasteiger partial charge is 0.492 e. The quantitative estimate of drug-likeness (QED) is 0.581. The fraction of sp³-hybridized carbons (Fsp3) is 0.263. The topological polar surface area (TPSA) is 79.0 Å². The van der Waals surface area contributed by atoms with E-state index in [-0.39, 0.29) is 17.5 Å². The van der Waals surface area contributed by atoms with Gasteiger partial charge in [0, 0.05) is 46.6 Å². The molecule has 1 aliphatic carbocycles. The number of ether oxygens (including phenoxy) is 1. The molecular formula is C19H18FIN4O2. The zero-order chi connectivity index (χ0) is 19.0. The number of carbonyl (C=O) groups is 1. The van der Waals surface area contributed by atoms with Crippen molar-refractivity contribution < 1.29 is 13.9 Å². The van der Waals surface area contributed by atoms with E-state index in [0.29, 0.717) is 42.8 Å². The molecule has 0 radical (unpaired) electrons. The van der Waals surface area contributed by atoms with Crippen LogP contribution in [0.1, 0.15) is 28.9 Å². The molecular weight excluding hydrogens is 462 g/mol. The van der Waals surface area contributed by atoms with Crippen LogP contribution in [-0.2, 0) is 11.2 Å². The van der Waals surface area contributed by atoms with E-state index < -0.39 is 0 Å². The molecule has 2 aromatic rings. The second-order valence-electron chi connectivity index (χ2n) is 6.31. The van der Waals surface area contributed by atoms with Crippen LogP contribution in [0.5, 0.6) is 0 Å². The van der Waals surface area contributed by atoms with E-state index in [2.05, 4.69) is 43.2 Å². The number of hydrogen-bond donors (Lipinski definition) is 3. The number of methoxy groups -OCH3 is 1. The summed E-state index contributed by atoms with van der Waals surface area (Å²) in [5.41, 5.74) is 4.30. The molecule has 3 heterocycles. The van der Waals surface area contributed by atoms with Crippen molar-refractivity contribution >= 4 is 34.2 Å². The number of pyridine rings is 1. The Kier molecular flexibility index (Phi) is 4.90. The molecule has 0 saturated heterocycles. The van der Waals surface area contributed by atoms with Crippen LogP contribution in [0, 0.1) is 3.57 Å². The Morgan fingerprint density at radius 3 is 3.00 bits per heavy atom. The van der Waals surface area contributed by atoms with Crippen LogP contribution in [0.3, 0.4) is 0 Å². The third-order valence-corrected chi connectivity index (χ3v) is 5.53. The Labute approximate surface area is 169 Å². The number of fused-ring (bicyclic) bond motifs is 1. The molecule has 0 unspecified atom stereocenters. The molecule has 1 aliphatic heterocycles. The van der Waals surface area contributed by atoms with Crippen molar-refractivity contribution in [2.75, 3.05) is 19.0 Å². The van der Waals surface area contributed by atoms with Crippen LogP contribution in [0.25, 0.3) is 11.3 Å². The molecule has 3 N–H and O–H groups in total. The summed E-state index contributed by atoms with van der Waals surface area (Å²) in [5, 5.41) is 6.15. The maximum Gasteiger partial charge on any atom is 0.255 e. The van der Waals surface area contributed by atoms with Gasteiger partial charge in [-0.25, -0.2) is 4.39 Å². The van der Waals surface area contributed by atoms with Crippen molar-refractivity contribution in [3.63, 3.8) is 0 Å². The minimum atomic E-state index is -0.295. The molecule has 2 aliphatic rings. The first-order valence-electron chi connectivity index (χ1n) is 8.63. The van der Waals surface area contributed by atoms with E-state index in [1.165, 1.54) is 7.11 Å². The molecule has 0 saturated carbocycles. The highest BCUT2D eigenvalue weighted by atomic mass is 127. The van der Waals surface area contributed by atoms with Crippen molar-refractivity contribution in [1.29, 1.82) is 0 Å². The molecule has 140 valence electrons. The van der Waals surface area contributed by atoms with Gasteiger partial charge in [0.05, 0.1) is 29.8 Å². The van der Waals surface area contributed by atoms with Gasteiger partial charge in [0.25, 0.3) is 5.91 Å². The smallest absolute Gasteiger partial charge is 0.255 e. The van der Waals surface area contributed by atoms with Crippen LogP contribution < -0.4 is 10.6 Å². The fourth-order valence-corrected chi connectivity index (χ4v) is 4.05. The van der Waals surface area contributed by atoms with Crippen molar-refractivity contribution in [2.45, 2.75) is 19.3 Å². The molecule has 2 aromatic heterocycles. The highest BCUT2D eigenvalue weighted by Crippen LogP contribution is 2.39. The number of allylic oxidation sites excluding steroid dienone is 2. The van der Waals surface area contributed by atoms with E-state index in [9.17, 15) is 9.18 Å².